The van der Waals surface area contributed by atoms with Gasteiger partial charge in [0.15, 0.2) is 9.84 Å². The van der Waals surface area contributed by atoms with Crippen molar-refractivity contribution in [2.24, 2.45) is 5.92 Å². The summed E-state index contributed by atoms with van der Waals surface area (Å²) in [6.45, 7) is 1.86. The molecule has 2 heterocycles. The highest BCUT2D eigenvalue weighted by molar-refractivity contribution is 7.91. The largest absolute Gasteiger partial charge is 0.338 e. The highest BCUT2D eigenvalue weighted by Gasteiger charge is 2.37. The van der Waals surface area contributed by atoms with Gasteiger partial charge in [-0.25, -0.2) is 8.42 Å². The van der Waals surface area contributed by atoms with Crippen LogP contribution < -0.4 is 5.32 Å². The molecule has 1 amide bonds. The number of hydrogen-bond acceptors (Lipinski definition) is 4. The number of rotatable bonds is 5. The van der Waals surface area contributed by atoms with Crippen LogP contribution in [0, 0.1) is 5.92 Å². The Morgan fingerprint density at radius 3 is 2.55 bits per heavy atom. The molecule has 0 aromatic heterocycles. The normalized spacial score (nSPS) is 32.4. The lowest BCUT2D eigenvalue weighted by molar-refractivity contribution is -0.133. The molecule has 6 heteroatoms. The third-order valence-electron chi connectivity index (χ3n) is 4.68. The molecule has 0 bridgehead atoms. The Kier molecular flexibility index (Phi) is 4.04. The molecule has 2 saturated heterocycles. The van der Waals surface area contributed by atoms with E-state index in [2.05, 4.69) is 5.32 Å². The standard InChI is InChI=1S/C14H24N2O3S/c17-14(8-11-5-7-20(18,19)10-11)16(13-3-4-13)9-12-2-1-6-15-12/h11-13,15H,1-10H2. The minimum absolute atomic E-state index is 0.0466. The van der Waals surface area contributed by atoms with E-state index in [0.717, 1.165) is 32.4 Å². The van der Waals surface area contributed by atoms with Gasteiger partial charge in [0.2, 0.25) is 5.91 Å². The SMILES string of the molecule is O=C(CC1CCS(=O)(=O)C1)N(CC1CCCN1)C1CC1. The van der Waals surface area contributed by atoms with Crippen LogP contribution in [0.4, 0.5) is 0 Å². The van der Waals surface area contributed by atoms with E-state index in [9.17, 15) is 13.2 Å². The zero-order valence-corrected chi connectivity index (χ0v) is 12.7. The van der Waals surface area contributed by atoms with Gasteiger partial charge in [-0.15, -0.1) is 0 Å². The average molecular weight is 300 g/mol. The second-order valence-electron chi connectivity index (χ2n) is 6.54. The Morgan fingerprint density at radius 1 is 1.20 bits per heavy atom. The number of nitrogens with zero attached hydrogens (tertiary/aromatic N) is 1. The number of hydrogen-bond donors (Lipinski definition) is 1. The first-order valence-electron chi connectivity index (χ1n) is 7.77. The van der Waals surface area contributed by atoms with Gasteiger partial charge in [-0.2, -0.15) is 0 Å². The van der Waals surface area contributed by atoms with Gasteiger partial charge in [0.25, 0.3) is 0 Å². The Morgan fingerprint density at radius 2 is 2.00 bits per heavy atom. The molecule has 114 valence electrons. The molecule has 0 spiro atoms. The maximum absolute atomic E-state index is 12.5. The average Bonchev–Trinajstić information content (AvgIpc) is 2.98. The van der Waals surface area contributed by atoms with Crippen LogP contribution >= 0.6 is 0 Å². The summed E-state index contributed by atoms with van der Waals surface area (Å²) in [5.74, 6) is 0.686. The van der Waals surface area contributed by atoms with E-state index >= 15 is 0 Å². The summed E-state index contributed by atoms with van der Waals surface area (Å²) in [5.41, 5.74) is 0. The Bertz CT molecular complexity index is 467. The number of nitrogens with one attached hydrogen (secondary N) is 1. The van der Waals surface area contributed by atoms with Gasteiger partial charge in [-0.3, -0.25) is 4.79 Å². The summed E-state index contributed by atoms with van der Waals surface area (Å²) in [6, 6.07) is 0.856. The molecule has 3 rings (SSSR count). The van der Waals surface area contributed by atoms with Crippen molar-refractivity contribution in [2.75, 3.05) is 24.6 Å². The fraction of sp³-hybridized carbons (Fsp3) is 0.929. The van der Waals surface area contributed by atoms with Crippen LogP contribution in [-0.4, -0.2) is 55.9 Å². The predicted molar refractivity (Wildman–Crippen MR) is 77.1 cm³/mol. The number of amides is 1. The lowest BCUT2D eigenvalue weighted by Crippen LogP contribution is -2.43. The summed E-state index contributed by atoms with van der Waals surface area (Å²) in [5, 5.41) is 3.44. The molecule has 2 unspecified atom stereocenters. The van der Waals surface area contributed by atoms with Crippen molar-refractivity contribution in [1.29, 1.82) is 0 Å². The number of sulfone groups is 1. The van der Waals surface area contributed by atoms with E-state index < -0.39 is 9.84 Å². The summed E-state index contributed by atoms with van der Waals surface area (Å²) in [7, 11) is -2.88. The highest BCUT2D eigenvalue weighted by atomic mass is 32.2. The van der Waals surface area contributed by atoms with Crippen LogP contribution in [-0.2, 0) is 14.6 Å². The highest BCUT2D eigenvalue weighted by Crippen LogP contribution is 2.30. The Labute approximate surface area is 121 Å². The molecule has 2 atom stereocenters. The third-order valence-corrected chi connectivity index (χ3v) is 6.51. The minimum Gasteiger partial charge on any atom is -0.338 e. The molecular weight excluding hydrogens is 276 g/mol. The van der Waals surface area contributed by atoms with Crippen molar-refractivity contribution >= 4 is 15.7 Å². The van der Waals surface area contributed by atoms with Crippen molar-refractivity contribution < 1.29 is 13.2 Å². The van der Waals surface area contributed by atoms with Crippen molar-refractivity contribution in [2.45, 2.75) is 50.6 Å². The van der Waals surface area contributed by atoms with E-state index in [0.29, 0.717) is 24.9 Å². The molecule has 3 aliphatic rings. The molecule has 0 aromatic carbocycles. The van der Waals surface area contributed by atoms with E-state index in [1.807, 2.05) is 4.90 Å². The van der Waals surface area contributed by atoms with Gasteiger partial charge in [0, 0.05) is 25.0 Å². The van der Waals surface area contributed by atoms with E-state index in [1.54, 1.807) is 0 Å². The second-order valence-corrected chi connectivity index (χ2v) is 8.77. The molecule has 3 fully saturated rings. The van der Waals surface area contributed by atoms with Crippen LogP contribution in [0.5, 0.6) is 0 Å². The smallest absolute Gasteiger partial charge is 0.223 e. The van der Waals surface area contributed by atoms with Crippen molar-refractivity contribution in [3.8, 4) is 0 Å². The van der Waals surface area contributed by atoms with Crippen LogP contribution in [0.15, 0.2) is 0 Å². The molecule has 20 heavy (non-hydrogen) atoms. The topological polar surface area (TPSA) is 66.5 Å². The zero-order chi connectivity index (χ0) is 14.2. The molecule has 1 N–H and O–H groups in total. The molecule has 2 aliphatic heterocycles. The van der Waals surface area contributed by atoms with Crippen LogP contribution in [0.25, 0.3) is 0 Å². The van der Waals surface area contributed by atoms with Gasteiger partial charge in [-0.1, -0.05) is 0 Å². The van der Waals surface area contributed by atoms with Gasteiger partial charge in [-0.05, 0) is 44.6 Å². The maximum atomic E-state index is 12.5. The van der Waals surface area contributed by atoms with Gasteiger partial charge in [0.05, 0.1) is 11.5 Å². The lowest BCUT2D eigenvalue weighted by Gasteiger charge is -2.27. The Balaban J connectivity index is 1.55. The predicted octanol–water partition coefficient (Wildman–Crippen LogP) is 0.554. The van der Waals surface area contributed by atoms with E-state index in [4.69, 9.17) is 0 Å². The van der Waals surface area contributed by atoms with Gasteiger partial charge < -0.3 is 10.2 Å². The summed E-state index contributed by atoms with van der Waals surface area (Å²) in [4.78, 5) is 14.5. The first-order chi connectivity index (χ1) is 9.53. The maximum Gasteiger partial charge on any atom is 0.223 e. The molecular formula is C14H24N2O3S. The first kappa shape index (κ1) is 14.3. The zero-order valence-electron chi connectivity index (χ0n) is 11.9. The summed E-state index contributed by atoms with van der Waals surface area (Å²) >= 11 is 0. The Hall–Kier alpha value is -0.620. The fourth-order valence-corrected chi connectivity index (χ4v) is 5.25. The van der Waals surface area contributed by atoms with Crippen molar-refractivity contribution in [3.05, 3.63) is 0 Å². The second kappa shape index (κ2) is 5.64. The van der Waals surface area contributed by atoms with Crippen LogP contribution in [0.1, 0.15) is 38.5 Å². The minimum atomic E-state index is -2.88. The summed E-state index contributed by atoms with van der Waals surface area (Å²) in [6.07, 6.45) is 5.64. The quantitative estimate of drug-likeness (QED) is 0.805. The van der Waals surface area contributed by atoms with Crippen molar-refractivity contribution in [3.63, 3.8) is 0 Å². The monoisotopic (exact) mass is 300 g/mol. The van der Waals surface area contributed by atoms with Crippen LogP contribution in [0.3, 0.4) is 0 Å². The lowest BCUT2D eigenvalue weighted by atomic mass is 10.0. The molecule has 1 saturated carbocycles. The van der Waals surface area contributed by atoms with Gasteiger partial charge >= 0.3 is 0 Å². The van der Waals surface area contributed by atoms with Crippen LogP contribution in [0.2, 0.25) is 0 Å². The number of carbonyl (C=O) groups excluding carboxylic acids is 1. The van der Waals surface area contributed by atoms with E-state index in [-0.39, 0.29) is 23.3 Å². The third kappa shape index (κ3) is 3.52. The number of carbonyl (C=O) groups is 1. The van der Waals surface area contributed by atoms with Gasteiger partial charge in [0.1, 0.15) is 0 Å². The molecule has 0 aromatic rings. The molecule has 0 radical (unpaired) electrons. The summed E-state index contributed by atoms with van der Waals surface area (Å²) < 4.78 is 23.0. The molecule has 5 nitrogen and oxygen atoms in total. The van der Waals surface area contributed by atoms with E-state index in [1.165, 1.54) is 6.42 Å². The first-order valence-corrected chi connectivity index (χ1v) is 9.59. The molecule has 1 aliphatic carbocycles. The fourth-order valence-electron chi connectivity index (χ4n) is 3.39. The van der Waals surface area contributed by atoms with Crippen molar-refractivity contribution in [1.82, 2.24) is 10.2 Å².